The first kappa shape index (κ1) is 23.9. The minimum absolute atomic E-state index is 0.0243. The third-order valence-electron chi connectivity index (χ3n) is 5.78. The van der Waals surface area contributed by atoms with Gasteiger partial charge in [-0.15, -0.1) is 0 Å². The lowest BCUT2D eigenvalue weighted by Crippen LogP contribution is -2.08. The molecule has 4 heteroatoms. The molecular weight excluding hydrogens is 409 g/mol. The largest absolute Gasteiger partial charge is 0.486 e. The van der Waals surface area contributed by atoms with Gasteiger partial charge < -0.3 is 4.74 Å². The summed E-state index contributed by atoms with van der Waals surface area (Å²) in [5.74, 6) is 0.792. The van der Waals surface area contributed by atoms with Crippen molar-refractivity contribution in [1.29, 1.82) is 0 Å². The van der Waals surface area contributed by atoms with Gasteiger partial charge in [0.25, 0.3) is 0 Å². The molecule has 32 heavy (non-hydrogen) atoms. The molecule has 0 bridgehead atoms. The van der Waals surface area contributed by atoms with Crippen molar-refractivity contribution in [3.05, 3.63) is 89.0 Å². The van der Waals surface area contributed by atoms with Crippen LogP contribution < -0.4 is 4.74 Å². The summed E-state index contributed by atoms with van der Waals surface area (Å²) in [7, 11) is 0. The van der Waals surface area contributed by atoms with E-state index < -0.39 is 11.7 Å². The second-order valence-corrected chi connectivity index (χ2v) is 8.37. The molecule has 0 aliphatic rings. The Balaban J connectivity index is 1.83. The van der Waals surface area contributed by atoms with Crippen molar-refractivity contribution < 1.29 is 17.9 Å². The van der Waals surface area contributed by atoms with Crippen LogP contribution in [0.4, 0.5) is 13.2 Å². The fourth-order valence-corrected chi connectivity index (χ4v) is 4.16. The normalized spacial score (nSPS) is 12.6. The highest BCUT2D eigenvalue weighted by Gasteiger charge is 2.30. The Morgan fingerprint density at radius 3 is 2.00 bits per heavy atom. The van der Waals surface area contributed by atoms with Crippen LogP contribution in [0.15, 0.2) is 66.7 Å². The lowest BCUT2D eigenvalue weighted by molar-refractivity contribution is -0.137. The average Bonchev–Trinajstić information content (AvgIpc) is 2.76. The van der Waals surface area contributed by atoms with Crippen molar-refractivity contribution in [2.24, 2.45) is 0 Å². The predicted molar refractivity (Wildman–Crippen MR) is 125 cm³/mol. The van der Waals surface area contributed by atoms with E-state index in [2.05, 4.69) is 19.1 Å². The van der Waals surface area contributed by atoms with Crippen molar-refractivity contribution >= 4 is 0 Å². The molecule has 0 N–H and O–H groups in total. The van der Waals surface area contributed by atoms with Gasteiger partial charge in [0.05, 0.1) is 5.56 Å². The van der Waals surface area contributed by atoms with Crippen LogP contribution >= 0.6 is 0 Å². The third kappa shape index (κ3) is 6.15. The maximum absolute atomic E-state index is 12.9. The molecule has 0 spiro atoms. The van der Waals surface area contributed by atoms with Gasteiger partial charge in [0.15, 0.2) is 0 Å². The summed E-state index contributed by atoms with van der Waals surface area (Å²) in [4.78, 5) is 0. The molecule has 0 aromatic heterocycles. The summed E-state index contributed by atoms with van der Waals surface area (Å²) < 4.78 is 45.2. The van der Waals surface area contributed by atoms with Crippen molar-refractivity contribution in [2.75, 3.05) is 0 Å². The zero-order chi connectivity index (χ0) is 23.1. The van der Waals surface area contributed by atoms with E-state index >= 15 is 0 Å². The number of ether oxygens (including phenoxy) is 1. The first-order chi connectivity index (χ1) is 15.3. The van der Waals surface area contributed by atoms with Crippen LogP contribution in [0.2, 0.25) is 0 Å². The first-order valence-electron chi connectivity index (χ1n) is 11.3. The van der Waals surface area contributed by atoms with Gasteiger partial charge >= 0.3 is 6.18 Å². The molecule has 3 rings (SSSR count). The minimum atomic E-state index is -4.33. The zero-order valence-corrected chi connectivity index (χ0v) is 19.0. The topological polar surface area (TPSA) is 9.23 Å². The molecule has 1 atom stereocenters. The fraction of sp³-hybridized carbons (Fsp3) is 0.357. The van der Waals surface area contributed by atoms with Crippen LogP contribution in [0.1, 0.15) is 67.4 Å². The molecule has 3 aromatic rings. The predicted octanol–water partition coefficient (Wildman–Crippen LogP) is 9.08. The lowest BCUT2D eigenvalue weighted by atomic mass is 9.94. The number of alkyl halides is 3. The number of aryl methyl sites for hydroxylation is 2. The first-order valence-corrected chi connectivity index (χ1v) is 11.3. The van der Waals surface area contributed by atoms with E-state index in [1.165, 1.54) is 19.3 Å². The van der Waals surface area contributed by atoms with Crippen LogP contribution in [-0.2, 0) is 6.18 Å². The molecule has 0 aliphatic carbocycles. The van der Waals surface area contributed by atoms with Gasteiger partial charge in [0.1, 0.15) is 11.9 Å². The summed E-state index contributed by atoms with van der Waals surface area (Å²) in [6.07, 6.45) is 1.31. The number of rotatable bonds is 9. The molecule has 1 nitrogen and oxygen atoms in total. The molecular formula is C28H31F3O. The standard InChI is InChI=1S/C28H31F3O/c1-4-5-6-10-13-26(22-11-8-7-9-12-22)32-25-18-20(2)27(21(3)19-25)23-14-16-24(17-15-23)28(29,30)31/h7-9,11-12,14-19,26H,4-6,10,13H2,1-3H3. The molecule has 0 heterocycles. The van der Waals surface area contributed by atoms with Crippen LogP contribution in [-0.4, -0.2) is 0 Å². The number of hydrogen-bond acceptors (Lipinski definition) is 1. The van der Waals surface area contributed by atoms with Crippen LogP contribution in [0.25, 0.3) is 11.1 Å². The molecule has 0 saturated heterocycles. The van der Waals surface area contributed by atoms with Gasteiger partial charge in [-0.05, 0) is 78.8 Å². The van der Waals surface area contributed by atoms with Crippen LogP contribution in [0, 0.1) is 13.8 Å². The Hall–Kier alpha value is -2.75. The highest BCUT2D eigenvalue weighted by atomic mass is 19.4. The van der Waals surface area contributed by atoms with Crippen molar-refractivity contribution in [3.8, 4) is 16.9 Å². The van der Waals surface area contributed by atoms with Crippen molar-refractivity contribution in [3.63, 3.8) is 0 Å². The zero-order valence-electron chi connectivity index (χ0n) is 19.0. The lowest BCUT2D eigenvalue weighted by Gasteiger charge is -2.22. The van der Waals surface area contributed by atoms with Crippen LogP contribution in [0.3, 0.4) is 0 Å². The van der Waals surface area contributed by atoms with E-state index in [-0.39, 0.29) is 6.10 Å². The summed E-state index contributed by atoms with van der Waals surface area (Å²) in [5.41, 5.74) is 4.22. The molecule has 3 aromatic carbocycles. The van der Waals surface area contributed by atoms with E-state index in [0.717, 1.165) is 58.5 Å². The third-order valence-corrected chi connectivity index (χ3v) is 5.78. The van der Waals surface area contributed by atoms with Crippen molar-refractivity contribution in [1.82, 2.24) is 0 Å². The van der Waals surface area contributed by atoms with E-state index in [9.17, 15) is 13.2 Å². The van der Waals surface area contributed by atoms with Gasteiger partial charge in [-0.1, -0.05) is 68.7 Å². The van der Waals surface area contributed by atoms with E-state index in [1.807, 2.05) is 44.2 Å². The monoisotopic (exact) mass is 440 g/mol. The fourth-order valence-electron chi connectivity index (χ4n) is 4.16. The van der Waals surface area contributed by atoms with Gasteiger partial charge in [0.2, 0.25) is 0 Å². The summed E-state index contributed by atoms with van der Waals surface area (Å²) >= 11 is 0. The second kappa shape index (κ2) is 10.7. The maximum atomic E-state index is 12.9. The number of hydrogen-bond donors (Lipinski definition) is 0. The molecule has 0 aliphatic heterocycles. The Morgan fingerprint density at radius 2 is 1.44 bits per heavy atom. The quantitative estimate of drug-likeness (QED) is 0.302. The van der Waals surface area contributed by atoms with Crippen LogP contribution in [0.5, 0.6) is 5.75 Å². The molecule has 0 fully saturated rings. The molecule has 0 radical (unpaired) electrons. The highest BCUT2D eigenvalue weighted by molar-refractivity contribution is 5.72. The Kier molecular flexibility index (Phi) is 8.00. The number of unbranched alkanes of at least 4 members (excludes halogenated alkanes) is 3. The molecule has 0 amide bonds. The van der Waals surface area contributed by atoms with Crippen molar-refractivity contribution in [2.45, 2.75) is 65.2 Å². The van der Waals surface area contributed by atoms with Gasteiger partial charge in [-0.3, -0.25) is 0 Å². The Morgan fingerprint density at radius 1 is 0.812 bits per heavy atom. The smallest absolute Gasteiger partial charge is 0.416 e. The van der Waals surface area contributed by atoms with Gasteiger partial charge in [-0.25, -0.2) is 0 Å². The maximum Gasteiger partial charge on any atom is 0.416 e. The minimum Gasteiger partial charge on any atom is -0.486 e. The van der Waals surface area contributed by atoms with Gasteiger partial charge in [0, 0.05) is 0 Å². The number of halogens is 3. The van der Waals surface area contributed by atoms with E-state index in [0.29, 0.717) is 0 Å². The summed E-state index contributed by atoms with van der Waals surface area (Å²) in [6.45, 7) is 6.16. The average molecular weight is 441 g/mol. The summed E-state index contributed by atoms with van der Waals surface area (Å²) in [5, 5.41) is 0. The Bertz CT molecular complexity index is 968. The highest BCUT2D eigenvalue weighted by Crippen LogP contribution is 2.36. The summed E-state index contributed by atoms with van der Waals surface area (Å²) in [6, 6.07) is 19.6. The van der Waals surface area contributed by atoms with E-state index in [1.54, 1.807) is 12.1 Å². The molecule has 170 valence electrons. The molecule has 0 saturated carbocycles. The number of benzene rings is 3. The Labute approximate surface area is 189 Å². The SMILES string of the molecule is CCCCCCC(Oc1cc(C)c(-c2ccc(C(F)(F)F)cc2)c(C)c1)c1ccccc1. The van der Waals surface area contributed by atoms with Gasteiger partial charge in [-0.2, -0.15) is 13.2 Å². The second-order valence-electron chi connectivity index (χ2n) is 8.37. The van der Waals surface area contributed by atoms with E-state index in [4.69, 9.17) is 4.74 Å². The molecule has 1 unspecified atom stereocenters.